The molecule has 1 N–H and O–H groups in total. The van der Waals surface area contributed by atoms with Crippen molar-refractivity contribution in [1.29, 1.82) is 0 Å². The summed E-state index contributed by atoms with van der Waals surface area (Å²) >= 11 is 0. The van der Waals surface area contributed by atoms with Crippen LogP contribution in [-0.4, -0.2) is 35.6 Å². The fourth-order valence-corrected chi connectivity index (χ4v) is 3.12. The van der Waals surface area contributed by atoms with Crippen LogP contribution in [0, 0.1) is 0 Å². The van der Waals surface area contributed by atoms with E-state index >= 15 is 0 Å². The molecular weight excluding hydrogens is 363 g/mol. The molecule has 142 valence electrons. The predicted molar refractivity (Wildman–Crippen MR) is 89.0 cm³/mol. The molecule has 1 aliphatic rings. The Hall–Kier alpha value is -2.91. The maximum absolute atomic E-state index is 13.8. The second-order valence-corrected chi connectivity index (χ2v) is 6.55. The van der Waals surface area contributed by atoms with E-state index < -0.39 is 24.3 Å². The first-order chi connectivity index (χ1) is 12.8. The number of carbonyl (C=O) groups is 1. The fourth-order valence-electron chi connectivity index (χ4n) is 3.12. The molecule has 7 nitrogen and oxygen atoms in total. The van der Waals surface area contributed by atoms with E-state index in [1.807, 2.05) is 6.92 Å². The van der Waals surface area contributed by atoms with Gasteiger partial charge in [0.25, 0.3) is 0 Å². The summed E-state index contributed by atoms with van der Waals surface area (Å²) in [5.74, 6) is -1.28. The van der Waals surface area contributed by atoms with Crippen molar-refractivity contribution < 1.29 is 23.1 Å². The van der Waals surface area contributed by atoms with Crippen molar-refractivity contribution in [3.8, 4) is 11.3 Å². The minimum absolute atomic E-state index is 0.0617. The highest BCUT2D eigenvalue weighted by Crippen LogP contribution is 2.46. The molecule has 0 radical (unpaired) electrons. The molecule has 3 aromatic heterocycles. The summed E-state index contributed by atoms with van der Waals surface area (Å²) in [5, 5.41) is 17.3. The van der Waals surface area contributed by atoms with Crippen molar-refractivity contribution in [2.24, 2.45) is 0 Å². The van der Waals surface area contributed by atoms with Crippen LogP contribution < -0.4 is 0 Å². The number of hydrogen-bond acceptors (Lipinski definition) is 4. The molecule has 0 spiro atoms. The van der Waals surface area contributed by atoms with Crippen LogP contribution in [-0.2, 0) is 24.1 Å². The Bertz CT molecular complexity index is 1030. The smallest absolute Gasteiger partial charge is 0.417 e. The van der Waals surface area contributed by atoms with Crippen molar-refractivity contribution in [3.05, 3.63) is 29.7 Å². The standard InChI is InChI=1S/C17H16F3N5O2/c1-2-24-7-10(6-21-24)12-5-11(17(18,19)20)14-15(9-3-4-9)23-25(8-13(26)27)16(14)22-12/h5-7,9H,2-4,8H2,1H3,(H,26,27). The summed E-state index contributed by atoms with van der Waals surface area (Å²) in [6.07, 6.45) is -0.0913. The van der Waals surface area contributed by atoms with E-state index in [4.69, 9.17) is 5.11 Å². The quantitative estimate of drug-likeness (QED) is 0.735. The summed E-state index contributed by atoms with van der Waals surface area (Å²) in [6, 6.07) is 0.998. The average Bonchev–Trinajstić information content (AvgIpc) is 3.22. The molecule has 3 heterocycles. The van der Waals surface area contributed by atoms with Gasteiger partial charge in [-0.15, -0.1) is 0 Å². The molecule has 0 aliphatic heterocycles. The minimum atomic E-state index is -4.61. The van der Waals surface area contributed by atoms with Crippen molar-refractivity contribution in [1.82, 2.24) is 24.5 Å². The minimum Gasteiger partial charge on any atom is -0.480 e. The molecule has 0 unspecified atom stereocenters. The van der Waals surface area contributed by atoms with Gasteiger partial charge in [-0.05, 0) is 25.8 Å². The van der Waals surface area contributed by atoms with Crippen LogP contribution in [0.4, 0.5) is 13.2 Å². The van der Waals surface area contributed by atoms with E-state index in [0.29, 0.717) is 12.1 Å². The van der Waals surface area contributed by atoms with E-state index in [1.54, 1.807) is 10.9 Å². The Labute approximate surface area is 151 Å². The van der Waals surface area contributed by atoms with Gasteiger partial charge in [0.1, 0.15) is 6.54 Å². The summed E-state index contributed by atoms with van der Waals surface area (Å²) in [7, 11) is 0. The van der Waals surface area contributed by atoms with E-state index in [2.05, 4.69) is 15.2 Å². The zero-order chi connectivity index (χ0) is 19.3. The molecular formula is C17H16F3N5O2. The maximum atomic E-state index is 13.8. The molecule has 3 aromatic rings. The monoisotopic (exact) mass is 379 g/mol. The molecule has 0 amide bonds. The van der Waals surface area contributed by atoms with Crippen LogP contribution in [0.2, 0.25) is 0 Å². The first-order valence-electron chi connectivity index (χ1n) is 8.51. The first-order valence-corrected chi connectivity index (χ1v) is 8.51. The molecule has 4 rings (SSSR count). The molecule has 1 aliphatic carbocycles. The van der Waals surface area contributed by atoms with Gasteiger partial charge in [-0.1, -0.05) is 0 Å². The fraction of sp³-hybridized carbons (Fsp3) is 0.412. The Morgan fingerprint density at radius 3 is 2.67 bits per heavy atom. The summed E-state index contributed by atoms with van der Waals surface area (Å²) in [5.41, 5.74) is -0.107. The Morgan fingerprint density at radius 1 is 1.37 bits per heavy atom. The summed E-state index contributed by atoms with van der Waals surface area (Å²) in [6.45, 7) is 1.88. The van der Waals surface area contributed by atoms with Gasteiger partial charge in [-0.25, -0.2) is 9.67 Å². The number of aliphatic carboxylic acids is 1. The second-order valence-electron chi connectivity index (χ2n) is 6.55. The van der Waals surface area contributed by atoms with E-state index in [-0.39, 0.29) is 28.3 Å². The zero-order valence-corrected chi connectivity index (χ0v) is 14.4. The van der Waals surface area contributed by atoms with Gasteiger partial charge in [0.15, 0.2) is 5.65 Å². The lowest BCUT2D eigenvalue weighted by atomic mass is 10.0. The highest BCUT2D eigenvalue weighted by atomic mass is 19.4. The van der Waals surface area contributed by atoms with Gasteiger partial charge < -0.3 is 5.11 Å². The number of hydrogen-bond donors (Lipinski definition) is 1. The Morgan fingerprint density at radius 2 is 2.11 bits per heavy atom. The highest BCUT2D eigenvalue weighted by molar-refractivity contribution is 5.87. The predicted octanol–water partition coefficient (Wildman–Crippen LogP) is 3.30. The number of aryl methyl sites for hydroxylation is 1. The van der Waals surface area contributed by atoms with Crippen LogP contribution in [0.5, 0.6) is 0 Å². The number of alkyl halides is 3. The van der Waals surface area contributed by atoms with Crippen LogP contribution in [0.25, 0.3) is 22.3 Å². The number of carboxylic acid groups (broad SMARTS) is 1. The molecule has 0 aromatic carbocycles. The van der Waals surface area contributed by atoms with Crippen molar-refractivity contribution >= 4 is 17.0 Å². The molecule has 0 bridgehead atoms. The number of rotatable bonds is 5. The van der Waals surface area contributed by atoms with Gasteiger partial charge >= 0.3 is 12.1 Å². The SMILES string of the molecule is CCn1cc(-c2cc(C(F)(F)F)c3c(C4CC4)nn(CC(=O)O)c3n2)cn1. The van der Waals surface area contributed by atoms with Gasteiger partial charge in [-0.2, -0.15) is 23.4 Å². The lowest BCUT2D eigenvalue weighted by Gasteiger charge is -2.11. The van der Waals surface area contributed by atoms with Crippen LogP contribution in [0.3, 0.4) is 0 Å². The third-order valence-corrected chi connectivity index (χ3v) is 4.54. The first kappa shape index (κ1) is 17.5. The number of aromatic nitrogens is 5. The van der Waals surface area contributed by atoms with Gasteiger partial charge in [0.05, 0.1) is 28.5 Å². The van der Waals surface area contributed by atoms with E-state index in [1.165, 1.54) is 6.20 Å². The second kappa shape index (κ2) is 6.07. The number of carboxylic acids is 1. The molecule has 0 saturated heterocycles. The van der Waals surface area contributed by atoms with Crippen molar-refractivity contribution in [3.63, 3.8) is 0 Å². The van der Waals surface area contributed by atoms with E-state index in [9.17, 15) is 18.0 Å². The molecule has 0 atom stereocenters. The number of pyridine rings is 1. The highest BCUT2D eigenvalue weighted by Gasteiger charge is 2.39. The van der Waals surface area contributed by atoms with Crippen LogP contribution in [0.1, 0.15) is 36.9 Å². The zero-order valence-electron chi connectivity index (χ0n) is 14.4. The van der Waals surface area contributed by atoms with Gasteiger partial charge in [-0.3, -0.25) is 9.48 Å². The topological polar surface area (TPSA) is 85.8 Å². The van der Waals surface area contributed by atoms with Crippen LogP contribution >= 0.6 is 0 Å². The number of fused-ring (bicyclic) bond motifs is 1. The number of halogens is 3. The van der Waals surface area contributed by atoms with Crippen molar-refractivity contribution in [2.45, 2.75) is 44.9 Å². The summed E-state index contributed by atoms with van der Waals surface area (Å²) in [4.78, 5) is 15.5. The Kier molecular flexibility index (Phi) is 3.93. The maximum Gasteiger partial charge on any atom is 0.417 e. The van der Waals surface area contributed by atoms with Crippen molar-refractivity contribution in [2.75, 3.05) is 0 Å². The lowest BCUT2D eigenvalue weighted by molar-refractivity contribution is -0.138. The molecule has 1 fully saturated rings. The average molecular weight is 379 g/mol. The van der Waals surface area contributed by atoms with Gasteiger partial charge in [0, 0.05) is 24.2 Å². The van der Waals surface area contributed by atoms with E-state index in [0.717, 1.165) is 23.6 Å². The largest absolute Gasteiger partial charge is 0.480 e. The number of nitrogens with zero attached hydrogens (tertiary/aromatic N) is 5. The normalized spacial score (nSPS) is 14.8. The Balaban J connectivity index is 2.00. The molecule has 27 heavy (non-hydrogen) atoms. The third kappa shape index (κ3) is 3.15. The third-order valence-electron chi connectivity index (χ3n) is 4.54. The summed E-state index contributed by atoms with van der Waals surface area (Å²) < 4.78 is 44.1. The van der Waals surface area contributed by atoms with Crippen LogP contribution in [0.15, 0.2) is 18.5 Å². The lowest BCUT2D eigenvalue weighted by Crippen LogP contribution is -2.12. The molecule has 1 saturated carbocycles. The van der Waals surface area contributed by atoms with Gasteiger partial charge in [0.2, 0.25) is 0 Å². The molecule has 10 heteroatoms.